The highest BCUT2D eigenvalue weighted by Crippen LogP contribution is 2.34. The first-order valence-corrected chi connectivity index (χ1v) is 7.15. The summed E-state index contributed by atoms with van der Waals surface area (Å²) in [6.07, 6.45) is -2.25. The predicted octanol–water partition coefficient (Wildman–Crippen LogP) is 2.89. The molecule has 1 aromatic rings. The highest BCUT2D eigenvalue weighted by atomic mass is 19.4. The summed E-state index contributed by atoms with van der Waals surface area (Å²) in [5.41, 5.74) is -0.509. The van der Waals surface area contributed by atoms with Crippen molar-refractivity contribution in [2.24, 2.45) is 4.99 Å². The van der Waals surface area contributed by atoms with Crippen LogP contribution in [0.2, 0.25) is 0 Å². The third-order valence-electron chi connectivity index (χ3n) is 3.68. The zero-order valence-electron chi connectivity index (χ0n) is 12.7. The molecule has 0 amide bonds. The standard InChI is InChI=1S/C15H20F3N3O/c1-19-14(21-7-3-4-8-21)20-10-11-5-6-12(22-2)9-13(11)15(16,17)18/h5-6,9H,3-4,7-8,10H2,1-2H3,(H,19,20). The summed E-state index contributed by atoms with van der Waals surface area (Å²) in [4.78, 5) is 6.19. The lowest BCUT2D eigenvalue weighted by atomic mass is 10.1. The SMILES string of the molecule is CN=C(NCc1ccc(OC)cc1C(F)(F)F)N1CCCC1. The maximum absolute atomic E-state index is 13.1. The largest absolute Gasteiger partial charge is 0.497 e. The number of halogens is 3. The summed E-state index contributed by atoms with van der Waals surface area (Å²) >= 11 is 0. The molecule has 22 heavy (non-hydrogen) atoms. The van der Waals surface area contributed by atoms with Crippen LogP contribution in [0, 0.1) is 0 Å². The second-order valence-electron chi connectivity index (χ2n) is 5.12. The Labute approximate surface area is 128 Å². The summed E-state index contributed by atoms with van der Waals surface area (Å²) in [6, 6.07) is 3.99. The number of hydrogen-bond acceptors (Lipinski definition) is 2. The topological polar surface area (TPSA) is 36.9 Å². The van der Waals surface area contributed by atoms with Gasteiger partial charge in [0.15, 0.2) is 5.96 Å². The molecule has 1 aliphatic rings. The van der Waals surface area contributed by atoms with Crippen molar-refractivity contribution < 1.29 is 17.9 Å². The van der Waals surface area contributed by atoms with E-state index in [1.165, 1.54) is 19.2 Å². The minimum atomic E-state index is -4.41. The summed E-state index contributed by atoms with van der Waals surface area (Å²) < 4.78 is 44.3. The highest BCUT2D eigenvalue weighted by molar-refractivity contribution is 5.80. The number of nitrogens with zero attached hydrogens (tertiary/aromatic N) is 2. The molecule has 0 atom stereocenters. The van der Waals surface area contributed by atoms with Crippen molar-refractivity contribution in [3.8, 4) is 5.75 Å². The fraction of sp³-hybridized carbons (Fsp3) is 0.533. The molecule has 0 spiro atoms. The lowest BCUT2D eigenvalue weighted by molar-refractivity contribution is -0.138. The van der Waals surface area contributed by atoms with E-state index in [0.717, 1.165) is 32.0 Å². The third kappa shape index (κ3) is 3.84. The molecule has 1 saturated heterocycles. The van der Waals surface area contributed by atoms with Gasteiger partial charge in [-0.3, -0.25) is 4.99 Å². The average molecular weight is 315 g/mol. The van der Waals surface area contributed by atoms with Crippen LogP contribution in [0.25, 0.3) is 0 Å². The lowest BCUT2D eigenvalue weighted by Crippen LogP contribution is -2.39. The van der Waals surface area contributed by atoms with Crippen LogP contribution < -0.4 is 10.1 Å². The van der Waals surface area contributed by atoms with E-state index >= 15 is 0 Å². The highest BCUT2D eigenvalue weighted by Gasteiger charge is 2.33. The van der Waals surface area contributed by atoms with Crippen molar-refractivity contribution in [2.45, 2.75) is 25.6 Å². The third-order valence-corrected chi connectivity index (χ3v) is 3.68. The van der Waals surface area contributed by atoms with Gasteiger partial charge in [0.1, 0.15) is 5.75 Å². The second-order valence-corrected chi connectivity index (χ2v) is 5.12. The van der Waals surface area contributed by atoms with Gasteiger partial charge in [0.25, 0.3) is 0 Å². The lowest BCUT2D eigenvalue weighted by Gasteiger charge is -2.22. The van der Waals surface area contributed by atoms with Gasteiger partial charge < -0.3 is 15.0 Å². The molecule has 0 radical (unpaired) electrons. The first kappa shape index (κ1) is 16.5. The van der Waals surface area contributed by atoms with E-state index in [2.05, 4.69) is 15.2 Å². The van der Waals surface area contributed by atoms with Gasteiger partial charge in [0.2, 0.25) is 0 Å². The molecule has 1 N–H and O–H groups in total. The zero-order valence-corrected chi connectivity index (χ0v) is 12.7. The van der Waals surface area contributed by atoms with E-state index in [1.807, 2.05) is 0 Å². The molecule has 1 aromatic carbocycles. The minimum Gasteiger partial charge on any atom is -0.497 e. The Kier molecular flexibility index (Phi) is 5.15. The van der Waals surface area contributed by atoms with Crippen LogP contribution in [-0.4, -0.2) is 38.1 Å². The molecule has 2 rings (SSSR count). The van der Waals surface area contributed by atoms with E-state index < -0.39 is 11.7 Å². The van der Waals surface area contributed by atoms with Crippen molar-refractivity contribution in [1.82, 2.24) is 10.2 Å². The quantitative estimate of drug-likeness (QED) is 0.688. The van der Waals surface area contributed by atoms with Gasteiger partial charge in [-0.25, -0.2) is 0 Å². The number of alkyl halides is 3. The van der Waals surface area contributed by atoms with Crippen LogP contribution in [-0.2, 0) is 12.7 Å². The van der Waals surface area contributed by atoms with Crippen molar-refractivity contribution >= 4 is 5.96 Å². The summed E-state index contributed by atoms with van der Waals surface area (Å²) in [5.74, 6) is 0.835. The molecular weight excluding hydrogens is 295 g/mol. The number of guanidine groups is 1. The fourth-order valence-electron chi connectivity index (χ4n) is 2.54. The molecule has 122 valence electrons. The van der Waals surface area contributed by atoms with Crippen LogP contribution in [0.3, 0.4) is 0 Å². The predicted molar refractivity (Wildman–Crippen MR) is 79.0 cm³/mol. The van der Waals surface area contributed by atoms with Crippen LogP contribution in [0.4, 0.5) is 13.2 Å². The Balaban J connectivity index is 2.14. The number of nitrogens with one attached hydrogen (secondary N) is 1. The van der Waals surface area contributed by atoms with Crippen molar-refractivity contribution in [3.63, 3.8) is 0 Å². The first-order chi connectivity index (χ1) is 10.5. The molecule has 1 heterocycles. The Morgan fingerprint density at radius 1 is 1.32 bits per heavy atom. The smallest absolute Gasteiger partial charge is 0.416 e. The van der Waals surface area contributed by atoms with Gasteiger partial charge in [-0.05, 0) is 30.5 Å². The number of likely N-dealkylation sites (tertiary alicyclic amines) is 1. The van der Waals surface area contributed by atoms with E-state index in [1.54, 1.807) is 7.05 Å². The summed E-state index contributed by atoms with van der Waals surface area (Å²) in [7, 11) is 2.99. The fourth-order valence-corrected chi connectivity index (χ4v) is 2.54. The van der Waals surface area contributed by atoms with Crippen LogP contribution >= 0.6 is 0 Å². The molecule has 0 aliphatic carbocycles. The molecule has 1 fully saturated rings. The summed E-state index contributed by atoms with van der Waals surface area (Å²) in [5, 5.41) is 3.01. The monoisotopic (exact) mass is 315 g/mol. The van der Waals surface area contributed by atoms with Crippen LogP contribution in [0.1, 0.15) is 24.0 Å². The average Bonchev–Trinajstić information content (AvgIpc) is 3.01. The maximum Gasteiger partial charge on any atom is 0.416 e. The molecular formula is C15H20F3N3O. The number of hydrogen-bond donors (Lipinski definition) is 1. The van der Waals surface area contributed by atoms with Gasteiger partial charge in [-0.15, -0.1) is 0 Å². The Morgan fingerprint density at radius 3 is 2.55 bits per heavy atom. The molecule has 0 saturated carbocycles. The zero-order chi connectivity index (χ0) is 16.2. The van der Waals surface area contributed by atoms with E-state index in [4.69, 9.17) is 4.74 Å². The van der Waals surface area contributed by atoms with Crippen LogP contribution in [0.15, 0.2) is 23.2 Å². The molecule has 7 heteroatoms. The molecule has 1 aliphatic heterocycles. The minimum absolute atomic E-state index is 0.0714. The number of ether oxygens (including phenoxy) is 1. The maximum atomic E-state index is 13.1. The number of methoxy groups -OCH3 is 1. The number of benzene rings is 1. The number of rotatable bonds is 3. The van der Waals surface area contributed by atoms with E-state index in [9.17, 15) is 13.2 Å². The molecule has 0 bridgehead atoms. The van der Waals surface area contributed by atoms with Gasteiger partial charge in [0.05, 0.1) is 12.7 Å². The van der Waals surface area contributed by atoms with Crippen LogP contribution in [0.5, 0.6) is 5.75 Å². The van der Waals surface area contributed by atoms with Gasteiger partial charge in [0, 0.05) is 26.7 Å². The summed E-state index contributed by atoms with van der Waals surface area (Å²) in [6.45, 7) is 1.84. The molecule has 0 unspecified atom stereocenters. The Bertz CT molecular complexity index is 537. The van der Waals surface area contributed by atoms with Gasteiger partial charge in [-0.2, -0.15) is 13.2 Å². The second kappa shape index (κ2) is 6.89. The Hall–Kier alpha value is -1.92. The van der Waals surface area contributed by atoms with E-state index in [0.29, 0.717) is 5.96 Å². The Morgan fingerprint density at radius 2 is 2.00 bits per heavy atom. The molecule has 0 aromatic heterocycles. The van der Waals surface area contributed by atoms with Crippen molar-refractivity contribution in [3.05, 3.63) is 29.3 Å². The van der Waals surface area contributed by atoms with Gasteiger partial charge >= 0.3 is 6.18 Å². The van der Waals surface area contributed by atoms with Gasteiger partial charge in [-0.1, -0.05) is 6.07 Å². The number of aliphatic imine (C=N–C) groups is 1. The normalized spacial score (nSPS) is 16.0. The first-order valence-electron chi connectivity index (χ1n) is 7.15. The molecule has 4 nitrogen and oxygen atoms in total. The van der Waals surface area contributed by atoms with Crippen molar-refractivity contribution in [1.29, 1.82) is 0 Å². The van der Waals surface area contributed by atoms with E-state index in [-0.39, 0.29) is 17.9 Å². The van der Waals surface area contributed by atoms with Crippen molar-refractivity contribution in [2.75, 3.05) is 27.2 Å².